The number of piperazine rings is 1. The van der Waals surface area contributed by atoms with Crippen LogP contribution in [-0.4, -0.2) is 78.2 Å². The van der Waals surface area contributed by atoms with E-state index in [1.54, 1.807) is 6.92 Å². The van der Waals surface area contributed by atoms with Crippen molar-refractivity contribution in [2.45, 2.75) is 32.2 Å². The van der Waals surface area contributed by atoms with Gasteiger partial charge in [0.2, 0.25) is 5.91 Å². The van der Waals surface area contributed by atoms with Gasteiger partial charge < -0.3 is 19.8 Å². The zero-order valence-corrected chi connectivity index (χ0v) is 12.3. The van der Waals surface area contributed by atoms with E-state index in [9.17, 15) is 9.59 Å². The van der Waals surface area contributed by atoms with E-state index in [0.29, 0.717) is 4.48 Å². The van der Waals surface area contributed by atoms with Crippen LogP contribution in [0.25, 0.3) is 0 Å². The fraction of sp³-hybridized carbons (Fsp3) is 0.857. The lowest BCUT2D eigenvalue weighted by Crippen LogP contribution is -2.56. The molecular formula is C14H26N3O3+. The van der Waals surface area contributed by atoms with Crippen LogP contribution in [0, 0.1) is 0 Å². The van der Waals surface area contributed by atoms with Crippen molar-refractivity contribution in [2.75, 3.05) is 45.8 Å². The number of carboxylic acid groups (broad SMARTS) is 1. The molecular weight excluding hydrogens is 258 g/mol. The molecule has 0 spiro atoms. The highest BCUT2D eigenvalue weighted by molar-refractivity contribution is 5.73. The third-order valence-corrected chi connectivity index (χ3v) is 4.68. The van der Waals surface area contributed by atoms with Gasteiger partial charge in [-0.05, 0) is 0 Å². The zero-order chi connectivity index (χ0) is 14.6. The summed E-state index contributed by atoms with van der Waals surface area (Å²) in [7, 11) is 0. The van der Waals surface area contributed by atoms with Crippen LogP contribution in [-0.2, 0) is 9.59 Å². The summed E-state index contributed by atoms with van der Waals surface area (Å²) < 4.78 is 0.692. The van der Waals surface area contributed by atoms with E-state index < -0.39 is 5.97 Å². The van der Waals surface area contributed by atoms with Crippen LogP contribution in [0.1, 0.15) is 26.2 Å². The lowest BCUT2D eigenvalue weighted by Gasteiger charge is -2.39. The summed E-state index contributed by atoms with van der Waals surface area (Å²) in [5.41, 5.74) is 0. The van der Waals surface area contributed by atoms with Crippen LogP contribution in [0.2, 0.25) is 0 Å². The number of hydrogen-bond donors (Lipinski definition) is 2. The molecule has 0 aromatic rings. The maximum atomic E-state index is 11.7. The first kappa shape index (κ1) is 15.3. The minimum Gasteiger partial charge on any atom is -0.477 e. The molecule has 0 radical (unpaired) electrons. The van der Waals surface area contributed by atoms with Gasteiger partial charge in [-0.15, -0.1) is 0 Å². The van der Waals surface area contributed by atoms with Crippen molar-refractivity contribution in [3.05, 3.63) is 0 Å². The predicted molar refractivity (Wildman–Crippen MR) is 75.3 cm³/mol. The minimum absolute atomic E-state index is 0.128. The smallest absolute Gasteiger partial charge is 0.359 e. The van der Waals surface area contributed by atoms with Gasteiger partial charge >= 0.3 is 5.97 Å². The maximum absolute atomic E-state index is 11.7. The Bertz CT molecular complexity index is 367. The lowest BCUT2D eigenvalue weighted by molar-refractivity contribution is -0.910. The zero-order valence-electron chi connectivity index (χ0n) is 12.3. The molecule has 0 bridgehead atoms. The Balaban J connectivity index is 1.94. The predicted octanol–water partition coefficient (Wildman–Crippen LogP) is -0.108. The van der Waals surface area contributed by atoms with Crippen molar-refractivity contribution in [3.8, 4) is 0 Å². The van der Waals surface area contributed by atoms with Crippen molar-refractivity contribution in [1.29, 1.82) is 0 Å². The summed E-state index contributed by atoms with van der Waals surface area (Å²) in [5.74, 6) is -0.584. The summed E-state index contributed by atoms with van der Waals surface area (Å²) in [4.78, 5) is 24.7. The monoisotopic (exact) mass is 284 g/mol. The number of nitrogens with zero attached hydrogens (tertiary/aromatic N) is 2. The second-order valence-electron chi connectivity index (χ2n) is 6.13. The summed E-state index contributed by atoms with van der Waals surface area (Å²) in [6.45, 7) is 7.08. The quantitative estimate of drug-likeness (QED) is 0.691. The molecule has 6 heteroatoms. The molecule has 0 aromatic heterocycles. The highest BCUT2D eigenvalue weighted by Gasteiger charge is 2.36. The molecule has 0 aromatic carbocycles. The number of aliphatic carboxylic acids is 1. The van der Waals surface area contributed by atoms with Crippen molar-refractivity contribution in [3.63, 3.8) is 0 Å². The standard InChI is InChI=1S/C14H25N3O3/c1-12(18)16-6-5-15-10-13(16)4-9-17(11-14(19)20)7-2-3-8-17/h13,15H,2-11H2,1H3/p+1. The van der Waals surface area contributed by atoms with Crippen LogP contribution in [0.5, 0.6) is 0 Å². The second-order valence-corrected chi connectivity index (χ2v) is 6.13. The van der Waals surface area contributed by atoms with Gasteiger partial charge in [0.15, 0.2) is 6.54 Å². The van der Waals surface area contributed by atoms with Crippen molar-refractivity contribution < 1.29 is 19.2 Å². The fourth-order valence-corrected chi connectivity index (χ4v) is 3.61. The number of quaternary nitrogens is 1. The topological polar surface area (TPSA) is 69.6 Å². The molecule has 20 heavy (non-hydrogen) atoms. The van der Waals surface area contributed by atoms with Gasteiger partial charge in [-0.3, -0.25) is 4.79 Å². The van der Waals surface area contributed by atoms with E-state index in [1.165, 1.54) is 0 Å². The van der Waals surface area contributed by atoms with E-state index in [-0.39, 0.29) is 18.5 Å². The number of amides is 1. The molecule has 2 aliphatic rings. The highest BCUT2D eigenvalue weighted by Crippen LogP contribution is 2.21. The molecule has 6 nitrogen and oxygen atoms in total. The van der Waals surface area contributed by atoms with Crippen LogP contribution < -0.4 is 5.32 Å². The third kappa shape index (κ3) is 3.70. The van der Waals surface area contributed by atoms with Crippen molar-refractivity contribution >= 4 is 11.9 Å². The molecule has 2 fully saturated rings. The molecule has 1 amide bonds. The number of carboxylic acids is 1. The summed E-state index contributed by atoms with van der Waals surface area (Å²) in [6.07, 6.45) is 3.12. The Hall–Kier alpha value is -1.14. The van der Waals surface area contributed by atoms with Gasteiger partial charge in [0.05, 0.1) is 19.6 Å². The molecule has 1 atom stereocenters. The average Bonchev–Trinajstić information content (AvgIpc) is 2.84. The van der Waals surface area contributed by atoms with Gasteiger partial charge in [-0.25, -0.2) is 4.79 Å². The normalized spacial score (nSPS) is 25.6. The summed E-state index contributed by atoms with van der Waals surface area (Å²) in [5, 5.41) is 12.5. The molecule has 2 N–H and O–H groups in total. The van der Waals surface area contributed by atoms with E-state index in [2.05, 4.69) is 5.32 Å². The Labute approximate surface area is 120 Å². The molecule has 0 aliphatic carbocycles. The number of nitrogens with one attached hydrogen (secondary N) is 1. The van der Waals surface area contributed by atoms with Gasteiger partial charge in [0.1, 0.15) is 0 Å². The van der Waals surface area contributed by atoms with E-state index in [1.807, 2.05) is 4.90 Å². The number of carbonyl (C=O) groups is 2. The molecule has 2 heterocycles. The Morgan fingerprint density at radius 2 is 2.05 bits per heavy atom. The van der Waals surface area contributed by atoms with E-state index >= 15 is 0 Å². The van der Waals surface area contributed by atoms with Crippen molar-refractivity contribution in [1.82, 2.24) is 10.2 Å². The van der Waals surface area contributed by atoms with Gasteiger partial charge in [-0.1, -0.05) is 0 Å². The first-order valence-electron chi connectivity index (χ1n) is 7.57. The SMILES string of the molecule is CC(=O)N1CCNCC1CC[N+]1(CC(=O)O)CCCC1. The minimum atomic E-state index is -0.711. The molecule has 2 saturated heterocycles. The van der Waals surface area contributed by atoms with E-state index in [0.717, 1.165) is 58.5 Å². The van der Waals surface area contributed by atoms with Crippen LogP contribution in [0.3, 0.4) is 0 Å². The molecule has 2 rings (SSSR count). The Kier molecular flexibility index (Phi) is 4.99. The molecule has 0 saturated carbocycles. The number of hydrogen-bond acceptors (Lipinski definition) is 3. The first-order valence-corrected chi connectivity index (χ1v) is 7.57. The molecule has 1 unspecified atom stereocenters. The fourth-order valence-electron chi connectivity index (χ4n) is 3.61. The third-order valence-electron chi connectivity index (χ3n) is 4.68. The van der Waals surface area contributed by atoms with Crippen LogP contribution in [0.15, 0.2) is 0 Å². The average molecular weight is 284 g/mol. The van der Waals surface area contributed by atoms with E-state index in [4.69, 9.17) is 5.11 Å². The Morgan fingerprint density at radius 3 is 2.65 bits per heavy atom. The van der Waals surface area contributed by atoms with Crippen LogP contribution >= 0.6 is 0 Å². The second kappa shape index (κ2) is 6.54. The first-order chi connectivity index (χ1) is 9.52. The van der Waals surface area contributed by atoms with Crippen molar-refractivity contribution in [2.24, 2.45) is 0 Å². The summed E-state index contributed by atoms with van der Waals surface area (Å²) >= 11 is 0. The van der Waals surface area contributed by atoms with Crippen LogP contribution in [0.4, 0.5) is 0 Å². The van der Waals surface area contributed by atoms with Gasteiger partial charge in [0.25, 0.3) is 0 Å². The summed E-state index contributed by atoms with van der Waals surface area (Å²) in [6, 6.07) is 0.214. The number of carbonyl (C=O) groups excluding carboxylic acids is 1. The maximum Gasteiger partial charge on any atom is 0.359 e. The largest absolute Gasteiger partial charge is 0.477 e. The Morgan fingerprint density at radius 1 is 1.35 bits per heavy atom. The van der Waals surface area contributed by atoms with Gasteiger partial charge in [-0.2, -0.15) is 0 Å². The van der Waals surface area contributed by atoms with Gasteiger partial charge in [0, 0.05) is 51.9 Å². The molecule has 2 aliphatic heterocycles. The highest BCUT2D eigenvalue weighted by atomic mass is 16.4. The molecule has 114 valence electrons. The number of rotatable bonds is 5. The number of likely N-dealkylation sites (tertiary alicyclic amines) is 1. The lowest BCUT2D eigenvalue weighted by atomic mass is 10.1.